The molecule has 0 aliphatic carbocycles. The summed E-state index contributed by atoms with van der Waals surface area (Å²) in [6.45, 7) is 2.13. The molecule has 0 aliphatic rings. The maximum atomic E-state index is 3.47. The van der Waals surface area contributed by atoms with Crippen LogP contribution in [0.4, 0.5) is 0 Å². The highest BCUT2D eigenvalue weighted by atomic mass is 32.2. The zero-order chi connectivity index (χ0) is 14.7. The van der Waals surface area contributed by atoms with Gasteiger partial charge in [0.15, 0.2) is 0 Å². The van der Waals surface area contributed by atoms with E-state index >= 15 is 0 Å². The number of thiophene rings is 1. The predicted molar refractivity (Wildman–Crippen MR) is 95.5 cm³/mol. The van der Waals surface area contributed by atoms with E-state index < -0.39 is 0 Å². The number of hydrogen-bond acceptors (Lipinski definition) is 3. The van der Waals surface area contributed by atoms with Gasteiger partial charge >= 0.3 is 0 Å². The summed E-state index contributed by atoms with van der Waals surface area (Å²) in [5, 5.41) is 6.99. The van der Waals surface area contributed by atoms with Crippen molar-refractivity contribution in [1.82, 2.24) is 5.32 Å². The summed E-state index contributed by atoms with van der Waals surface area (Å²) in [5.41, 5.74) is 2.72. The molecule has 0 radical (unpaired) electrons. The first-order valence-electron chi connectivity index (χ1n) is 7.11. The van der Waals surface area contributed by atoms with Crippen LogP contribution < -0.4 is 5.32 Å². The minimum absolute atomic E-state index is 0.374. The Labute approximate surface area is 134 Å². The zero-order valence-corrected chi connectivity index (χ0v) is 13.9. The summed E-state index contributed by atoms with van der Waals surface area (Å²) in [5.74, 6) is 1.04. The number of hydrogen-bond donors (Lipinski definition) is 1. The topological polar surface area (TPSA) is 12.0 Å². The van der Waals surface area contributed by atoms with Crippen molar-refractivity contribution in [1.29, 1.82) is 0 Å². The Bertz CT molecular complexity index is 715. The van der Waals surface area contributed by atoms with Crippen molar-refractivity contribution in [3.05, 3.63) is 65.0 Å². The molecule has 0 saturated heterocycles. The van der Waals surface area contributed by atoms with Gasteiger partial charge in [-0.1, -0.05) is 35.9 Å². The SMILES string of the molecule is CNC(CSc1ccc(C)cc1)c1cccc2ccsc12. The average Bonchev–Trinajstić information content (AvgIpc) is 2.99. The Morgan fingerprint density at radius 1 is 1.10 bits per heavy atom. The molecule has 1 heterocycles. The predicted octanol–water partition coefficient (Wildman–Crippen LogP) is 5.26. The summed E-state index contributed by atoms with van der Waals surface area (Å²) in [7, 11) is 2.05. The van der Waals surface area contributed by atoms with Crippen molar-refractivity contribution in [2.75, 3.05) is 12.8 Å². The number of nitrogens with one attached hydrogen (secondary N) is 1. The molecule has 1 N–H and O–H groups in total. The third-order valence-electron chi connectivity index (χ3n) is 3.67. The van der Waals surface area contributed by atoms with E-state index in [4.69, 9.17) is 0 Å². The first-order chi connectivity index (χ1) is 10.3. The molecule has 3 aromatic rings. The Hall–Kier alpha value is -1.29. The number of benzene rings is 2. The monoisotopic (exact) mass is 313 g/mol. The van der Waals surface area contributed by atoms with Crippen LogP contribution in [0.2, 0.25) is 0 Å². The molecular formula is C18H19NS2. The van der Waals surface area contributed by atoms with Crippen LogP contribution in [0.1, 0.15) is 17.2 Å². The van der Waals surface area contributed by atoms with Gasteiger partial charge in [-0.3, -0.25) is 0 Å². The van der Waals surface area contributed by atoms with Crippen molar-refractivity contribution in [2.24, 2.45) is 0 Å². The minimum atomic E-state index is 0.374. The molecule has 1 nitrogen and oxygen atoms in total. The van der Waals surface area contributed by atoms with Gasteiger partial charge in [-0.2, -0.15) is 0 Å². The molecule has 21 heavy (non-hydrogen) atoms. The summed E-state index contributed by atoms with van der Waals surface area (Å²) in [6.07, 6.45) is 0. The van der Waals surface area contributed by atoms with Crippen molar-refractivity contribution in [2.45, 2.75) is 17.9 Å². The largest absolute Gasteiger partial charge is 0.312 e. The molecule has 108 valence electrons. The van der Waals surface area contributed by atoms with Crippen LogP contribution in [-0.2, 0) is 0 Å². The van der Waals surface area contributed by atoms with Crippen LogP contribution in [0.3, 0.4) is 0 Å². The maximum absolute atomic E-state index is 3.47. The van der Waals surface area contributed by atoms with Crippen molar-refractivity contribution < 1.29 is 0 Å². The molecule has 0 spiro atoms. The normalized spacial score (nSPS) is 12.7. The molecule has 1 aromatic heterocycles. The standard InChI is InChI=1S/C18H19NS2/c1-13-6-8-15(9-7-13)21-12-17(19-2)16-5-3-4-14-10-11-20-18(14)16/h3-11,17,19H,12H2,1-2H3. The average molecular weight is 313 g/mol. The van der Waals surface area contributed by atoms with Gasteiger partial charge in [0.25, 0.3) is 0 Å². The van der Waals surface area contributed by atoms with Crippen molar-refractivity contribution in [3.63, 3.8) is 0 Å². The molecule has 3 heteroatoms. The van der Waals surface area contributed by atoms with Crippen LogP contribution in [-0.4, -0.2) is 12.8 Å². The van der Waals surface area contributed by atoms with E-state index in [0.717, 1.165) is 5.75 Å². The van der Waals surface area contributed by atoms with Gasteiger partial charge in [0, 0.05) is 21.4 Å². The van der Waals surface area contributed by atoms with E-state index in [1.54, 1.807) is 0 Å². The molecule has 1 atom stereocenters. The summed E-state index contributed by atoms with van der Waals surface area (Å²) >= 11 is 3.74. The van der Waals surface area contributed by atoms with Crippen molar-refractivity contribution >= 4 is 33.2 Å². The van der Waals surface area contributed by atoms with E-state index in [0.29, 0.717) is 6.04 Å². The van der Waals surface area contributed by atoms with Gasteiger partial charge in [-0.25, -0.2) is 0 Å². The Balaban J connectivity index is 1.79. The summed E-state index contributed by atoms with van der Waals surface area (Å²) < 4.78 is 1.40. The molecule has 0 bridgehead atoms. The van der Waals surface area contributed by atoms with Crippen molar-refractivity contribution in [3.8, 4) is 0 Å². The van der Waals surface area contributed by atoms with Crippen LogP contribution in [0.5, 0.6) is 0 Å². The number of fused-ring (bicyclic) bond motifs is 1. The third kappa shape index (κ3) is 3.31. The second-order valence-corrected chi connectivity index (χ2v) is 7.16. The second kappa shape index (κ2) is 6.65. The fourth-order valence-corrected chi connectivity index (χ4v) is 4.44. The summed E-state index contributed by atoms with van der Waals surface area (Å²) in [4.78, 5) is 1.33. The third-order valence-corrected chi connectivity index (χ3v) is 5.76. The summed E-state index contributed by atoms with van der Waals surface area (Å²) in [6, 6.07) is 17.9. The van der Waals surface area contributed by atoms with Crippen LogP contribution >= 0.6 is 23.1 Å². The fraction of sp³-hybridized carbons (Fsp3) is 0.222. The number of thioether (sulfide) groups is 1. The minimum Gasteiger partial charge on any atom is -0.312 e. The highest BCUT2D eigenvalue weighted by Gasteiger charge is 2.13. The van der Waals surface area contributed by atoms with Gasteiger partial charge in [0.1, 0.15) is 0 Å². The fourth-order valence-electron chi connectivity index (χ4n) is 2.43. The lowest BCUT2D eigenvalue weighted by Crippen LogP contribution is -2.18. The quantitative estimate of drug-likeness (QED) is 0.645. The molecule has 0 saturated carbocycles. The number of aryl methyl sites for hydroxylation is 1. The van der Waals surface area contributed by atoms with Gasteiger partial charge < -0.3 is 5.32 Å². The zero-order valence-electron chi connectivity index (χ0n) is 12.3. The van der Waals surface area contributed by atoms with Gasteiger partial charge in [-0.15, -0.1) is 23.1 Å². The van der Waals surface area contributed by atoms with Gasteiger partial charge in [0.2, 0.25) is 0 Å². The molecule has 0 aliphatic heterocycles. The molecule has 0 amide bonds. The Morgan fingerprint density at radius 3 is 2.67 bits per heavy atom. The molecule has 0 fully saturated rings. The lowest BCUT2D eigenvalue weighted by atomic mass is 10.1. The van der Waals surface area contributed by atoms with E-state index in [2.05, 4.69) is 66.2 Å². The molecule has 1 unspecified atom stereocenters. The number of rotatable bonds is 5. The van der Waals surface area contributed by atoms with E-state index in [1.165, 1.54) is 26.1 Å². The highest BCUT2D eigenvalue weighted by Crippen LogP contribution is 2.32. The second-order valence-electron chi connectivity index (χ2n) is 5.15. The Kier molecular flexibility index (Phi) is 4.63. The van der Waals surface area contributed by atoms with Crippen LogP contribution in [0, 0.1) is 6.92 Å². The smallest absolute Gasteiger partial charge is 0.0427 e. The van der Waals surface area contributed by atoms with Crippen LogP contribution in [0.15, 0.2) is 58.8 Å². The molecular weight excluding hydrogens is 294 g/mol. The lowest BCUT2D eigenvalue weighted by molar-refractivity contribution is 0.667. The van der Waals surface area contributed by atoms with Crippen LogP contribution in [0.25, 0.3) is 10.1 Å². The molecule has 3 rings (SSSR count). The first-order valence-corrected chi connectivity index (χ1v) is 8.97. The van der Waals surface area contributed by atoms with Gasteiger partial charge in [0.05, 0.1) is 0 Å². The van der Waals surface area contributed by atoms with E-state index in [9.17, 15) is 0 Å². The lowest BCUT2D eigenvalue weighted by Gasteiger charge is -2.17. The molecule has 2 aromatic carbocycles. The first kappa shape index (κ1) is 14.6. The van der Waals surface area contributed by atoms with E-state index in [1.807, 2.05) is 30.1 Å². The highest BCUT2D eigenvalue weighted by molar-refractivity contribution is 7.99. The van der Waals surface area contributed by atoms with Gasteiger partial charge in [-0.05, 0) is 48.5 Å². The maximum Gasteiger partial charge on any atom is 0.0427 e. The Morgan fingerprint density at radius 2 is 1.90 bits per heavy atom. The van der Waals surface area contributed by atoms with E-state index in [-0.39, 0.29) is 0 Å².